The van der Waals surface area contributed by atoms with Gasteiger partial charge in [-0.05, 0) is 25.0 Å². The van der Waals surface area contributed by atoms with Crippen LogP contribution in [0.2, 0.25) is 5.02 Å². The molecule has 104 valence electrons. The summed E-state index contributed by atoms with van der Waals surface area (Å²) in [6.45, 7) is 0.0310. The van der Waals surface area contributed by atoms with E-state index in [9.17, 15) is 14.0 Å². The Morgan fingerprint density at radius 2 is 1.95 bits per heavy atom. The fraction of sp³-hybridized carbons (Fsp3) is 0.385. The van der Waals surface area contributed by atoms with Gasteiger partial charge in [0.1, 0.15) is 5.82 Å². The number of benzene rings is 1. The average Bonchev–Trinajstić information content (AvgIpc) is 2.34. The molecule has 0 aromatic heterocycles. The first-order valence-corrected chi connectivity index (χ1v) is 6.30. The highest BCUT2D eigenvalue weighted by atomic mass is 35.5. The molecule has 0 aliphatic carbocycles. The summed E-state index contributed by atoms with van der Waals surface area (Å²) in [4.78, 5) is 21.7. The Morgan fingerprint density at radius 1 is 1.26 bits per heavy atom. The van der Waals surface area contributed by atoms with Crippen molar-refractivity contribution in [1.29, 1.82) is 0 Å². The van der Waals surface area contributed by atoms with E-state index in [-0.39, 0.29) is 35.9 Å². The summed E-state index contributed by atoms with van der Waals surface area (Å²) in [5.74, 6) is -1.58. The summed E-state index contributed by atoms with van der Waals surface area (Å²) in [7, 11) is 0. The van der Waals surface area contributed by atoms with Crippen LogP contribution < -0.4 is 5.32 Å². The van der Waals surface area contributed by atoms with E-state index in [1.165, 1.54) is 12.1 Å². The van der Waals surface area contributed by atoms with Crippen LogP contribution in [0, 0.1) is 5.82 Å². The van der Waals surface area contributed by atoms with E-state index in [4.69, 9.17) is 16.7 Å². The second kappa shape index (κ2) is 7.74. The Labute approximate surface area is 115 Å². The van der Waals surface area contributed by atoms with Gasteiger partial charge in [-0.3, -0.25) is 9.59 Å². The molecule has 0 aliphatic heterocycles. The molecule has 0 saturated heterocycles. The number of carbonyl (C=O) groups is 2. The van der Waals surface area contributed by atoms with Gasteiger partial charge < -0.3 is 10.4 Å². The highest BCUT2D eigenvalue weighted by molar-refractivity contribution is 6.31. The molecule has 0 fully saturated rings. The first-order valence-electron chi connectivity index (χ1n) is 5.92. The SMILES string of the molecule is O=C(O)CCCCC(=O)NCc1c(F)cccc1Cl. The number of halogens is 2. The zero-order valence-electron chi connectivity index (χ0n) is 10.3. The standard InChI is InChI=1S/C13H15ClFNO3/c14-10-4-3-5-11(15)9(10)8-16-12(17)6-1-2-7-13(18)19/h3-5H,1-2,6-8H2,(H,16,17)(H,18,19). The lowest BCUT2D eigenvalue weighted by atomic mass is 10.1. The van der Waals surface area contributed by atoms with Crippen molar-refractivity contribution in [2.45, 2.75) is 32.2 Å². The van der Waals surface area contributed by atoms with E-state index >= 15 is 0 Å². The number of carboxylic acids is 1. The van der Waals surface area contributed by atoms with Gasteiger partial charge in [-0.1, -0.05) is 17.7 Å². The monoisotopic (exact) mass is 287 g/mol. The summed E-state index contributed by atoms with van der Waals surface area (Å²) in [6.07, 6.45) is 1.21. The smallest absolute Gasteiger partial charge is 0.303 e. The van der Waals surface area contributed by atoms with Crippen LogP contribution in [-0.4, -0.2) is 17.0 Å². The zero-order chi connectivity index (χ0) is 14.3. The second-order valence-corrected chi connectivity index (χ2v) is 4.48. The molecule has 1 rings (SSSR count). The van der Waals surface area contributed by atoms with Gasteiger partial charge in [0, 0.05) is 30.0 Å². The molecule has 0 atom stereocenters. The van der Waals surface area contributed by atoms with Crippen molar-refractivity contribution in [1.82, 2.24) is 5.32 Å². The van der Waals surface area contributed by atoms with Crippen molar-refractivity contribution < 1.29 is 19.1 Å². The maximum Gasteiger partial charge on any atom is 0.303 e. The molecule has 0 bridgehead atoms. The number of unbranched alkanes of at least 4 members (excludes halogenated alkanes) is 1. The molecule has 6 heteroatoms. The Bertz CT molecular complexity index is 445. The molecule has 0 unspecified atom stereocenters. The molecular formula is C13H15ClFNO3. The molecule has 2 N–H and O–H groups in total. The molecular weight excluding hydrogens is 273 g/mol. The van der Waals surface area contributed by atoms with Gasteiger partial charge in [-0.15, -0.1) is 0 Å². The first-order chi connectivity index (χ1) is 9.00. The van der Waals surface area contributed by atoms with Crippen molar-refractivity contribution in [2.24, 2.45) is 0 Å². The predicted molar refractivity (Wildman–Crippen MR) is 69.4 cm³/mol. The van der Waals surface area contributed by atoms with E-state index in [1.54, 1.807) is 6.07 Å². The number of rotatable bonds is 7. The number of hydrogen-bond acceptors (Lipinski definition) is 2. The largest absolute Gasteiger partial charge is 0.481 e. The molecule has 0 aliphatic rings. The maximum atomic E-state index is 13.4. The highest BCUT2D eigenvalue weighted by Crippen LogP contribution is 2.18. The number of carbonyl (C=O) groups excluding carboxylic acids is 1. The van der Waals surface area contributed by atoms with Crippen LogP contribution in [0.25, 0.3) is 0 Å². The minimum absolute atomic E-state index is 0.0310. The summed E-state index contributed by atoms with van der Waals surface area (Å²) in [5, 5.41) is 11.3. The zero-order valence-corrected chi connectivity index (χ0v) is 11.0. The van der Waals surface area contributed by atoms with Crippen molar-refractivity contribution in [2.75, 3.05) is 0 Å². The summed E-state index contributed by atoms with van der Waals surface area (Å²) >= 11 is 5.82. The minimum Gasteiger partial charge on any atom is -0.481 e. The summed E-state index contributed by atoms with van der Waals surface area (Å²) < 4.78 is 13.4. The minimum atomic E-state index is -0.876. The van der Waals surface area contributed by atoms with Gasteiger partial charge in [0.05, 0.1) is 0 Å². The van der Waals surface area contributed by atoms with Crippen LogP contribution in [0.5, 0.6) is 0 Å². The molecule has 0 spiro atoms. The molecule has 0 heterocycles. The van der Waals surface area contributed by atoms with Gasteiger partial charge in [0.25, 0.3) is 0 Å². The van der Waals surface area contributed by atoms with Crippen molar-refractivity contribution in [3.8, 4) is 0 Å². The normalized spacial score (nSPS) is 10.2. The van der Waals surface area contributed by atoms with Gasteiger partial charge >= 0.3 is 5.97 Å². The number of amides is 1. The fourth-order valence-electron chi connectivity index (χ4n) is 1.54. The van der Waals surface area contributed by atoms with Gasteiger partial charge in [0.15, 0.2) is 0 Å². The molecule has 1 aromatic rings. The molecule has 4 nitrogen and oxygen atoms in total. The predicted octanol–water partition coefficient (Wildman–Crippen LogP) is 2.74. The Kier molecular flexibility index (Phi) is 6.29. The van der Waals surface area contributed by atoms with Crippen LogP contribution in [-0.2, 0) is 16.1 Å². The fourth-order valence-corrected chi connectivity index (χ4v) is 1.77. The number of hydrogen-bond donors (Lipinski definition) is 2. The van der Waals surface area contributed by atoms with Gasteiger partial charge in [-0.25, -0.2) is 4.39 Å². The molecule has 1 aromatic carbocycles. The number of nitrogens with one attached hydrogen (secondary N) is 1. The van der Waals surface area contributed by atoms with E-state index in [1.807, 2.05) is 0 Å². The average molecular weight is 288 g/mol. The van der Waals surface area contributed by atoms with Crippen LogP contribution >= 0.6 is 11.6 Å². The van der Waals surface area contributed by atoms with E-state index in [0.717, 1.165) is 0 Å². The third kappa shape index (κ3) is 5.70. The third-order valence-corrected chi connectivity index (χ3v) is 2.92. The van der Waals surface area contributed by atoms with E-state index in [0.29, 0.717) is 12.8 Å². The number of carboxylic acid groups (broad SMARTS) is 1. The molecule has 1 amide bonds. The Morgan fingerprint density at radius 3 is 2.58 bits per heavy atom. The third-order valence-electron chi connectivity index (χ3n) is 2.57. The van der Waals surface area contributed by atoms with Crippen LogP contribution in [0.4, 0.5) is 4.39 Å². The quantitative estimate of drug-likeness (QED) is 0.758. The lowest BCUT2D eigenvalue weighted by Gasteiger charge is -2.07. The van der Waals surface area contributed by atoms with Crippen molar-refractivity contribution in [3.05, 3.63) is 34.6 Å². The highest BCUT2D eigenvalue weighted by Gasteiger charge is 2.08. The van der Waals surface area contributed by atoms with Crippen LogP contribution in [0.3, 0.4) is 0 Å². The second-order valence-electron chi connectivity index (χ2n) is 4.08. The van der Waals surface area contributed by atoms with E-state index in [2.05, 4.69) is 5.32 Å². The van der Waals surface area contributed by atoms with Gasteiger partial charge in [-0.2, -0.15) is 0 Å². The van der Waals surface area contributed by atoms with Crippen LogP contribution in [0.1, 0.15) is 31.2 Å². The summed E-state index contributed by atoms with van der Waals surface area (Å²) in [5.41, 5.74) is 0.253. The van der Waals surface area contributed by atoms with Crippen molar-refractivity contribution >= 4 is 23.5 Å². The number of aliphatic carboxylic acids is 1. The van der Waals surface area contributed by atoms with Crippen LogP contribution in [0.15, 0.2) is 18.2 Å². The first kappa shape index (κ1) is 15.4. The molecule has 0 saturated carbocycles. The lowest BCUT2D eigenvalue weighted by molar-refractivity contribution is -0.137. The Balaban J connectivity index is 2.32. The molecule has 0 radical (unpaired) electrons. The van der Waals surface area contributed by atoms with Gasteiger partial charge in [0.2, 0.25) is 5.91 Å². The van der Waals surface area contributed by atoms with Crippen molar-refractivity contribution in [3.63, 3.8) is 0 Å². The van der Waals surface area contributed by atoms with E-state index < -0.39 is 11.8 Å². The topological polar surface area (TPSA) is 66.4 Å². The maximum absolute atomic E-state index is 13.4. The molecule has 19 heavy (non-hydrogen) atoms. The lowest BCUT2D eigenvalue weighted by Crippen LogP contribution is -2.23. The summed E-state index contributed by atoms with van der Waals surface area (Å²) in [6, 6.07) is 4.33. The Hall–Kier alpha value is -1.62.